The number of carbonyl (C=O) groups is 2. The minimum atomic E-state index is -4.77. The Morgan fingerprint density at radius 1 is 1.11 bits per heavy atom. The van der Waals surface area contributed by atoms with Crippen molar-refractivity contribution in [2.75, 3.05) is 30.5 Å². The van der Waals surface area contributed by atoms with E-state index >= 15 is 0 Å². The number of nitrogens with one attached hydrogen (secondary N) is 2. The highest BCUT2D eigenvalue weighted by atomic mass is 19.4. The van der Waals surface area contributed by atoms with Crippen molar-refractivity contribution in [1.82, 2.24) is 20.3 Å². The molecular formula is C23H20F4N6O3. The molecule has 0 spiro atoms. The minimum absolute atomic E-state index is 0.0555. The second-order valence-electron chi connectivity index (χ2n) is 8.05. The number of pyridine rings is 1. The normalized spacial score (nSPS) is 17.5. The number of rotatable bonds is 6. The van der Waals surface area contributed by atoms with Gasteiger partial charge in [-0.1, -0.05) is 0 Å². The summed E-state index contributed by atoms with van der Waals surface area (Å²) in [6.07, 6.45) is 0.602. The predicted octanol–water partition coefficient (Wildman–Crippen LogP) is 3.33. The van der Waals surface area contributed by atoms with Crippen molar-refractivity contribution in [3.63, 3.8) is 0 Å². The smallest absolute Gasteiger partial charge is 0.378 e. The Kier molecular flexibility index (Phi) is 6.84. The number of halogens is 4. The molecule has 13 heteroatoms. The molecule has 9 nitrogen and oxygen atoms in total. The maximum absolute atomic E-state index is 13.4. The van der Waals surface area contributed by atoms with Gasteiger partial charge in [-0.15, -0.1) is 0 Å². The zero-order valence-electron chi connectivity index (χ0n) is 18.8. The Bertz CT molecular complexity index is 1250. The molecule has 0 radical (unpaired) electrons. The second kappa shape index (κ2) is 9.85. The van der Waals surface area contributed by atoms with Gasteiger partial charge in [0.15, 0.2) is 0 Å². The maximum atomic E-state index is 13.4. The van der Waals surface area contributed by atoms with E-state index in [9.17, 15) is 27.2 Å². The molecule has 3 aromatic rings. The van der Waals surface area contributed by atoms with Crippen molar-refractivity contribution in [2.45, 2.75) is 18.1 Å². The standard InChI is InChI=1S/C23H20F4N6O3/c1-33(21(35)22(6-7-36-12-22)32-20(34)14-9-28-13-29-10-14)19-5-3-16(11-30-19)31-18-4-2-15(24)8-17(18)23(25,26)27/h2-5,8-11,13,31H,6-7,12H2,1H3,(H,32,34)/t22-/m0/s1. The topological polar surface area (TPSA) is 109 Å². The number of carbonyl (C=O) groups excluding carboxylic acids is 2. The Morgan fingerprint density at radius 3 is 2.47 bits per heavy atom. The van der Waals surface area contributed by atoms with E-state index in [4.69, 9.17) is 4.74 Å². The van der Waals surface area contributed by atoms with Gasteiger partial charge in [-0.05, 0) is 30.3 Å². The van der Waals surface area contributed by atoms with Crippen molar-refractivity contribution >= 4 is 29.0 Å². The molecule has 2 N–H and O–H groups in total. The Labute approximate surface area is 202 Å². The van der Waals surface area contributed by atoms with Crippen LogP contribution in [0.2, 0.25) is 0 Å². The van der Waals surface area contributed by atoms with Crippen molar-refractivity contribution in [3.8, 4) is 0 Å². The summed E-state index contributed by atoms with van der Waals surface area (Å²) in [5, 5.41) is 5.28. The van der Waals surface area contributed by atoms with Crippen LogP contribution in [0.5, 0.6) is 0 Å². The summed E-state index contributed by atoms with van der Waals surface area (Å²) in [6, 6.07) is 5.13. The van der Waals surface area contributed by atoms with Crippen LogP contribution in [0.4, 0.5) is 34.8 Å². The number of likely N-dealkylation sites (N-methyl/N-ethyl adjacent to an activating group) is 1. The third-order valence-electron chi connectivity index (χ3n) is 5.57. The quantitative estimate of drug-likeness (QED) is 0.496. The van der Waals surface area contributed by atoms with Gasteiger partial charge in [0.1, 0.15) is 23.5 Å². The molecule has 2 aromatic heterocycles. The molecule has 3 heterocycles. The van der Waals surface area contributed by atoms with E-state index in [1.54, 1.807) is 0 Å². The monoisotopic (exact) mass is 504 g/mol. The first kappa shape index (κ1) is 25.0. The summed E-state index contributed by atoms with van der Waals surface area (Å²) in [5.74, 6) is -1.87. The Morgan fingerprint density at radius 2 is 1.86 bits per heavy atom. The number of nitrogens with zero attached hydrogens (tertiary/aromatic N) is 4. The first-order chi connectivity index (χ1) is 17.1. The average molecular weight is 504 g/mol. The molecule has 4 rings (SSSR count). The predicted molar refractivity (Wildman–Crippen MR) is 120 cm³/mol. The number of anilines is 3. The zero-order chi connectivity index (χ0) is 25.9. The van der Waals surface area contributed by atoms with Crippen LogP contribution in [0.3, 0.4) is 0 Å². The average Bonchev–Trinajstić information content (AvgIpc) is 3.34. The minimum Gasteiger partial charge on any atom is -0.378 e. The zero-order valence-corrected chi connectivity index (χ0v) is 18.8. The van der Waals surface area contributed by atoms with Gasteiger partial charge in [-0.2, -0.15) is 13.2 Å². The van der Waals surface area contributed by atoms with Gasteiger partial charge in [0.25, 0.3) is 11.8 Å². The molecule has 0 saturated carbocycles. The van der Waals surface area contributed by atoms with Crippen molar-refractivity contribution in [2.24, 2.45) is 0 Å². The third kappa shape index (κ3) is 5.25. The van der Waals surface area contributed by atoms with Crippen LogP contribution in [-0.2, 0) is 15.7 Å². The van der Waals surface area contributed by atoms with Gasteiger partial charge in [0.05, 0.1) is 35.3 Å². The van der Waals surface area contributed by atoms with Crippen LogP contribution in [0.25, 0.3) is 0 Å². The van der Waals surface area contributed by atoms with E-state index < -0.39 is 34.9 Å². The van der Waals surface area contributed by atoms with Gasteiger partial charge in [-0.25, -0.2) is 19.3 Å². The van der Waals surface area contributed by atoms with E-state index in [2.05, 4.69) is 25.6 Å². The second-order valence-corrected chi connectivity index (χ2v) is 8.05. The van der Waals surface area contributed by atoms with E-state index in [-0.39, 0.29) is 42.4 Å². The van der Waals surface area contributed by atoms with Crippen LogP contribution in [0.15, 0.2) is 55.2 Å². The lowest BCUT2D eigenvalue weighted by atomic mass is 9.96. The Balaban J connectivity index is 1.51. The van der Waals surface area contributed by atoms with Gasteiger partial charge in [0, 0.05) is 32.5 Å². The summed E-state index contributed by atoms with van der Waals surface area (Å²) in [5.41, 5.74) is -2.50. The third-order valence-corrected chi connectivity index (χ3v) is 5.57. The number of amides is 2. The molecule has 1 aliphatic heterocycles. The number of hydrogen-bond acceptors (Lipinski definition) is 7. The molecule has 1 atom stereocenters. The lowest BCUT2D eigenvalue weighted by molar-refractivity contribution is -0.137. The van der Waals surface area contributed by atoms with Crippen LogP contribution in [-0.4, -0.2) is 52.6 Å². The molecular weight excluding hydrogens is 484 g/mol. The number of aromatic nitrogens is 3. The highest BCUT2D eigenvalue weighted by Crippen LogP contribution is 2.36. The van der Waals surface area contributed by atoms with Gasteiger partial charge < -0.3 is 15.4 Å². The lowest BCUT2D eigenvalue weighted by Crippen LogP contribution is -2.60. The summed E-state index contributed by atoms with van der Waals surface area (Å²) in [7, 11) is 1.46. The highest BCUT2D eigenvalue weighted by molar-refractivity contribution is 6.04. The molecule has 188 valence electrons. The van der Waals surface area contributed by atoms with E-state index in [1.165, 1.54) is 49.0 Å². The molecule has 0 aliphatic carbocycles. The summed E-state index contributed by atoms with van der Waals surface area (Å²) >= 11 is 0. The summed E-state index contributed by atoms with van der Waals surface area (Å²) in [6.45, 7) is 0.195. The van der Waals surface area contributed by atoms with E-state index in [0.717, 1.165) is 12.1 Å². The Hall–Kier alpha value is -4.13. The molecule has 1 fully saturated rings. The number of alkyl halides is 3. The molecule has 0 unspecified atom stereocenters. The fraction of sp³-hybridized carbons (Fsp3) is 0.261. The largest absolute Gasteiger partial charge is 0.418 e. The van der Waals surface area contributed by atoms with Gasteiger partial charge in [-0.3, -0.25) is 14.5 Å². The molecule has 2 amide bonds. The number of benzene rings is 1. The van der Waals surface area contributed by atoms with Crippen LogP contribution in [0, 0.1) is 5.82 Å². The molecule has 36 heavy (non-hydrogen) atoms. The van der Waals surface area contributed by atoms with Crippen LogP contribution in [0.1, 0.15) is 22.3 Å². The SMILES string of the molecule is CN(C(=O)[C@]1(NC(=O)c2cncnc2)CCOC1)c1ccc(Nc2ccc(F)cc2C(F)(F)F)cn1. The van der Waals surface area contributed by atoms with Crippen molar-refractivity contribution < 1.29 is 31.9 Å². The molecule has 1 aromatic carbocycles. The highest BCUT2D eigenvalue weighted by Gasteiger charge is 2.46. The summed E-state index contributed by atoms with van der Waals surface area (Å²) in [4.78, 5) is 39.0. The first-order valence-electron chi connectivity index (χ1n) is 10.6. The number of hydrogen-bond donors (Lipinski definition) is 2. The van der Waals surface area contributed by atoms with E-state index in [0.29, 0.717) is 6.07 Å². The van der Waals surface area contributed by atoms with Crippen LogP contribution < -0.4 is 15.5 Å². The fourth-order valence-corrected chi connectivity index (χ4v) is 3.69. The fourth-order valence-electron chi connectivity index (χ4n) is 3.69. The van der Waals surface area contributed by atoms with E-state index in [1.807, 2.05) is 0 Å². The van der Waals surface area contributed by atoms with Crippen LogP contribution >= 0.6 is 0 Å². The van der Waals surface area contributed by atoms with Crippen molar-refractivity contribution in [1.29, 1.82) is 0 Å². The summed E-state index contributed by atoms with van der Waals surface area (Å²) < 4.78 is 58.5. The molecule has 1 aliphatic rings. The molecule has 0 bridgehead atoms. The van der Waals surface area contributed by atoms with Gasteiger partial charge in [0.2, 0.25) is 0 Å². The van der Waals surface area contributed by atoms with Gasteiger partial charge >= 0.3 is 6.18 Å². The van der Waals surface area contributed by atoms with Crippen molar-refractivity contribution in [3.05, 3.63) is 72.2 Å². The maximum Gasteiger partial charge on any atom is 0.418 e. The lowest BCUT2D eigenvalue weighted by Gasteiger charge is -2.31. The first-order valence-corrected chi connectivity index (χ1v) is 10.6. The number of ether oxygens (including phenoxy) is 1. The molecule has 1 saturated heterocycles.